The summed E-state index contributed by atoms with van der Waals surface area (Å²) in [5, 5.41) is 0. The molecule has 0 bridgehead atoms. The zero-order chi connectivity index (χ0) is 7.02. The van der Waals surface area contributed by atoms with Crippen molar-refractivity contribution in [2.75, 3.05) is 0 Å². The van der Waals surface area contributed by atoms with Crippen LogP contribution in [0.5, 0.6) is 0 Å². The first-order valence-corrected chi connectivity index (χ1v) is 4.13. The molecule has 0 unspecified atom stereocenters. The van der Waals surface area contributed by atoms with Crippen LogP contribution in [0.15, 0.2) is 0 Å². The molecular formula is C9H18. The average molecular weight is 126 g/mol. The molecule has 1 saturated carbocycles. The fourth-order valence-electron chi connectivity index (χ4n) is 2.05. The minimum atomic E-state index is 0.958. The molecule has 9 heavy (non-hydrogen) atoms. The summed E-state index contributed by atoms with van der Waals surface area (Å²) < 4.78 is 0. The summed E-state index contributed by atoms with van der Waals surface area (Å²) in [5.41, 5.74) is 0. The van der Waals surface area contributed by atoms with Gasteiger partial charge >= 0.3 is 0 Å². The lowest BCUT2D eigenvalue weighted by molar-refractivity contribution is 0.352. The Bertz CT molecular complexity index is 84.2. The van der Waals surface area contributed by atoms with Crippen molar-refractivity contribution in [3.63, 3.8) is 0 Å². The van der Waals surface area contributed by atoms with Crippen LogP contribution in [0.2, 0.25) is 0 Å². The van der Waals surface area contributed by atoms with Crippen LogP contribution in [0.4, 0.5) is 0 Å². The Labute approximate surface area is 58.7 Å². The van der Waals surface area contributed by atoms with E-state index in [0.29, 0.717) is 0 Å². The van der Waals surface area contributed by atoms with Crippen molar-refractivity contribution in [3.05, 3.63) is 0 Å². The minimum absolute atomic E-state index is 0.958. The van der Waals surface area contributed by atoms with E-state index in [1.165, 1.54) is 6.42 Å². The Morgan fingerprint density at radius 3 is 1.22 bits per heavy atom. The Hall–Kier alpha value is 0. The van der Waals surface area contributed by atoms with E-state index in [1.807, 2.05) is 0 Å². The highest BCUT2D eigenvalue weighted by atomic mass is 14.4. The number of rotatable bonds is 0. The molecule has 0 saturated heterocycles. The van der Waals surface area contributed by atoms with E-state index >= 15 is 0 Å². The predicted octanol–water partition coefficient (Wildman–Crippen LogP) is 2.93. The Kier molecular flexibility index (Phi) is 1.83. The summed E-state index contributed by atoms with van der Waals surface area (Å²) in [6.07, 6.45) is 1.45. The fraction of sp³-hybridized carbons (Fsp3) is 1.00. The Balaban J connectivity index is 2.54. The van der Waals surface area contributed by atoms with Crippen molar-refractivity contribution in [1.82, 2.24) is 0 Å². The van der Waals surface area contributed by atoms with Crippen LogP contribution in [0, 0.1) is 23.7 Å². The zero-order valence-corrected chi connectivity index (χ0v) is 7.02. The van der Waals surface area contributed by atoms with Gasteiger partial charge in [-0.05, 0) is 30.1 Å². The van der Waals surface area contributed by atoms with Crippen molar-refractivity contribution >= 4 is 0 Å². The number of hydrogen-bond acceptors (Lipinski definition) is 0. The Morgan fingerprint density at radius 1 is 0.778 bits per heavy atom. The molecule has 54 valence electrons. The summed E-state index contributed by atoms with van der Waals surface area (Å²) in [6, 6.07) is 0. The molecule has 0 aromatic rings. The highest BCUT2D eigenvalue weighted by Gasteiger charge is 2.31. The maximum absolute atomic E-state index is 2.39. The average Bonchev–Trinajstić information content (AvgIpc) is 1.98. The summed E-state index contributed by atoms with van der Waals surface area (Å²) in [6.45, 7) is 9.53. The maximum Gasteiger partial charge on any atom is -0.0389 e. The van der Waals surface area contributed by atoms with Crippen molar-refractivity contribution in [2.45, 2.75) is 34.1 Å². The van der Waals surface area contributed by atoms with E-state index < -0.39 is 0 Å². The molecule has 0 aliphatic heterocycles. The molecule has 1 aliphatic rings. The van der Waals surface area contributed by atoms with Crippen LogP contribution in [0.3, 0.4) is 0 Å². The second kappa shape index (κ2) is 2.32. The summed E-state index contributed by atoms with van der Waals surface area (Å²) >= 11 is 0. The molecule has 0 N–H and O–H groups in total. The van der Waals surface area contributed by atoms with Gasteiger partial charge in [0.25, 0.3) is 0 Å². The van der Waals surface area contributed by atoms with Gasteiger partial charge in [0.15, 0.2) is 0 Å². The molecule has 1 fully saturated rings. The van der Waals surface area contributed by atoms with Gasteiger partial charge in [0.2, 0.25) is 0 Å². The molecule has 0 aromatic carbocycles. The predicted molar refractivity (Wildman–Crippen MR) is 41.3 cm³/mol. The lowest BCUT2D eigenvalue weighted by atomic mass is 9.92. The largest absolute Gasteiger partial charge is 0.0622 e. The van der Waals surface area contributed by atoms with Gasteiger partial charge in [0.1, 0.15) is 0 Å². The van der Waals surface area contributed by atoms with Gasteiger partial charge in [-0.2, -0.15) is 0 Å². The van der Waals surface area contributed by atoms with E-state index in [9.17, 15) is 0 Å². The molecular weight excluding hydrogens is 108 g/mol. The van der Waals surface area contributed by atoms with Gasteiger partial charge in [-0.1, -0.05) is 27.7 Å². The lowest BCUT2D eigenvalue weighted by Crippen LogP contribution is -2.07. The van der Waals surface area contributed by atoms with Gasteiger partial charge in [-0.25, -0.2) is 0 Å². The summed E-state index contributed by atoms with van der Waals surface area (Å²) in [4.78, 5) is 0. The second-order valence-corrected chi connectivity index (χ2v) is 3.91. The normalized spacial score (nSPS) is 52.0. The molecule has 0 heterocycles. The van der Waals surface area contributed by atoms with Gasteiger partial charge in [-0.15, -0.1) is 0 Å². The monoisotopic (exact) mass is 126 g/mol. The highest BCUT2D eigenvalue weighted by Crippen LogP contribution is 2.40. The third kappa shape index (κ3) is 1.12. The summed E-state index contributed by atoms with van der Waals surface area (Å²) in [5.74, 6) is 3.85. The molecule has 1 rings (SSSR count). The topological polar surface area (TPSA) is 0 Å². The third-order valence-electron chi connectivity index (χ3n) is 3.37. The van der Waals surface area contributed by atoms with Gasteiger partial charge in [-0.3, -0.25) is 0 Å². The Morgan fingerprint density at radius 2 is 1.11 bits per heavy atom. The second-order valence-electron chi connectivity index (χ2n) is 3.91. The van der Waals surface area contributed by atoms with Crippen molar-refractivity contribution < 1.29 is 0 Å². The van der Waals surface area contributed by atoms with Crippen LogP contribution in [0.1, 0.15) is 34.1 Å². The van der Waals surface area contributed by atoms with Gasteiger partial charge in [0, 0.05) is 0 Å². The molecule has 0 nitrogen and oxygen atoms in total. The van der Waals surface area contributed by atoms with E-state index in [2.05, 4.69) is 27.7 Å². The number of hydrogen-bond donors (Lipinski definition) is 0. The molecule has 4 atom stereocenters. The van der Waals surface area contributed by atoms with Crippen LogP contribution in [0.25, 0.3) is 0 Å². The standard InChI is InChI=1S/C9H18/c1-6-5-7(2)9(4)8(6)3/h6-9H,5H2,1-4H3/t6-,7-,8-,9+/m1/s1. The van der Waals surface area contributed by atoms with Gasteiger partial charge in [0.05, 0.1) is 0 Å². The summed E-state index contributed by atoms with van der Waals surface area (Å²) in [7, 11) is 0. The highest BCUT2D eigenvalue weighted by molar-refractivity contribution is 4.81. The maximum atomic E-state index is 2.39. The lowest BCUT2D eigenvalue weighted by Gasteiger charge is -2.14. The van der Waals surface area contributed by atoms with E-state index in [4.69, 9.17) is 0 Å². The molecule has 0 spiro atoms. The van der Waals surface area contributed by atoms with Crippen molar-refractivity contribution in [2.24, 2.45) is 23.7 Å². The SMILES string of the molecule is C[C@@H]1[C@H](C)[C@H](C)C[C@H]1C. The molecule has 0 amide bonds. The molecule has 0 aromatic heterocycles. The fourth-order valence-corrected chi connectivity index (χ4v) is 2.05. The van der Waals surface area contributed by atoms with Gasteiger partial charge < -0.3 is 0 Å². The first kappa shape index (κ1) is 7.11. The van der Waals surface area contributed by atoms with Crippen LogP contribution >= 0.6 is 0 Å². The quantitative estimate of drug-likeness (QED) is 0.468. The first-order valence-electron chi connectivity index (χ1n) is 4.13. The van der Waals surface area contributed by atoms with Crippen molar-refractivity contribution in [1.29, 1.82) is 0 Å². The van der Waals surface area contributed by atoms with Crippen molar-refractivity contribution in [3.8, 4) is 0 Å². The molecule has 0 heteroatoms. The minimum Gasteiger partial charge on any atom is -0.0622 e. The van der Waals surface area contributed by atoms with E-state index in [1.54, 1.807) is 0 Å². The zero-order valence-electron chi connectivity index (χ0n) is 7.02. The van der Waals surface area contributed by atoms with Crippen LogP contribution in [-0.4, -0.2) is 0 Å². The molecule has 0 radical (unpaired) electrons. The smallest absolute Gasteiger partial charge is 0.0389 e. The van der Waals surface area contributed by atoms with E-state index in [0.717, 1.165) is 23.7 Å². The molecule has 1 aliphatic carbocycles. The third-order valence-corrected chi connectivity index (χ3v) is 3.37. The first-order chi connectivity index (χ1) is 4.13. The van der Waals surface area contributed by atoms with Crippen LogP contribution in [-0.2, 0) is 0 Å². The van der Waals surface area contributed by atoms with Crippen LogP contribution < -0.4 is 0 Å². The van der Waals surface area contributed by atoms with E-state index in [-0.39, 0.29) is 0 Å².